The minimum atomic E-state index is 0.528. The molecule has 86 valence electrons. The normalized spacial score (nSPS) is 12.8. The Kier molecular flexibility index (Phi) is 4.57. The number of rotatable bonds is 6. The van der Waals surface area contributed by atoms with Crippen molar-refractivity contribution in [3.8, 4) is 0 Å². The third-order valence-electron chi connectivity index (χ3n) is 2.73. The number of hydrogen-bond donors (Lipinski definition) is 1. The monoisotopic (exact) mass is 251 g/mol. The van der Waals surface area contributed by atoms with Crippen LogP contribution in [-0.4, -0.2) is 7.05 Å². The van der Waals surface area contributed by atoms with Gasteiger partial charge in [0.25, 0.3) is 0 Å². The van der Waals surface area contributed by atoms with E-state index in [1.807, 2.05) is 22.7 Å². The van der Waals surface area contributed by atoms with Gasteiger partial charge in [0.05, 0.1) is 0 Å². The van der Waals surface area contributed by atoms with E-state index in [1.54, 1.807) is 0 Å². The first-order valence-electron chi connectivity index (χ1n) is 5.63. The Hall–Kier alpha value is -0.640. The van der Waals surface area contributed by atoms with Crippen LogP contribution >= 0.6 is 22.7 Å². The average molecular weight is 251 g/mol. The molecule has 1 N–H and O–H groups in total. The third kappa shape index (κ3) is 3.17. The van der Waals surface area contributed by atoms with Crippen molar-refractivity contribution in [2.75, 3.05) is 7.05 Å². The highest BCUT2D eigenvalue weighted by Crippen LogP contribution is 2.24. The zero-order chi connectivity index (χ0) is 11.2. The maximum Gasteiger partial charge on any atom is 0.0412 e. The summed E-state index contributed by atoms with van der Waals surface area (Å²) in [6.45, 7) is 0. The van der Waals surface area contributed by atoms with Gasteiger partial charge in [-0.25, -0.2) is 0 Å². The van der Waals surface area contributed by atoms with Crippen LogP contribution in [0, 0.1) is 0 Å². The number of hydrogen-bond acceptors (Lipinski definition) is 3. The molecule has 0 amide bonds. The van der Waals surface area contributed by atoms with Gasteiger partial charge < -0.3 is 5.32 Å². The van der Waals surface area contributed by atoms with E-state index in [-0.39, 0.29) is 0 Å². The van der Waals surface area contributed by atoms with Crippen molar-refractivity contribution in [3.63, 3.8) is 0 Å². The molecule has 0 aromatic carbocycles. The summed E-state index contributed by atoms with van der Waals surface area (Å²) in [4.78, 5) is 2.95. The van der Waals surface area contributed by atoms with E-state index < -0.39 is 0 Å². The summed E-state index contributed by atoms with van der Waals surface area (Å²) in [6, 6.07) is 9.24. The highest BCUT2D eigenvalue weighted by atomic mass is 32.1. The SMILES string of the molecule is CNC(CCCc1cccs1)c1cccs1. The first-order chi connectivity index (χ1) is 7.90. The fourth-order valence-electron chi connectivity index (χ4n) is 1.85. The maximum atomic E-state index is 3.40. The van der Waals surface area contributed by atoms with Gasteiger partial charge in [-0.05, 0) is 49.2 Å². The highest BCUT2D eigenvalue weighted by Gasteiger charge is 2.09. The number of aryl methyl sites for hydroxylation is 1. The zero-order valence-electron chi connectivity index (χ0n) is 9.48. The van der Waals surface area contributed by atoms with Crippen LogP contribution in [-0.2, 0) is 6.42 Å². The molecule has 2 heterocycles. The molecule has 3 heteroatoms. The smallest absolute Gasteiger partial charge is 0.0412 e. The largest absolute Gasteiger partial charge is 0.312 e. The Balaban J connectivity index is 1.80. The second kappa shape index (κ2) is 6.18. The molecule has 0 saturated heterocycles. The molecule has 16 heavy (non-hydrogen) atoms. The second-order valence-electron chi connectivity index (χ2n) is 3.83. The van der Waals surface area contributed by atoms with Gasteiger partial charge in [0.2, 0.25) is 0 Å². The molecule has 0 bridgehead atoms. The van der Waals surface area contributed by atoms with Crippen LogP contribution < -0.4 is 5.32 Å². The van der Waals surface area contributed by atoms with Gasteiger partial charge in [0.15, 0.2) is 0 Å². The lowest BCUT2D eigenvalue weighted by Gasteiger charge is -2.13. The van der Waals surface area contributed by atoms with Crippen molar-refractivity contribution >= 4 is 22.7 Å². The van der Waals surface area contributed by atoms with Crippen LogP contribution in [0.25, 0.3) is 0 Å². The summed E-state index contributed by atoms with van der Waals surface area (Å²) >= 11 is 3.71. The standard InChI is InChI=1S/C13H17NS2/c1-14-12(13-8-4-10-16-13)7-2-5-11-6-3-9-15-11/h3-4,6,8-10,12,14H,2,5,7H2,1H3. The Morgan fingerprint density at radius 2 is 2.00 bits per heavy atom. The van der Waals surface area contributed by atoms with Gasteiger partial charge >= 0.3 is 0 Å². The molecule has 0 aliphatic heterocycles. The molecule has 0 aliphatic carbocycles. The molecule has 0 fully saturated rings. The van der Waals surface area contributed by atoms with E-state index in [0.717, 1.165) is 0 Å². The average Bonchev–Trinajstić information content (AvgIpc) is 2.96. The lowest BCUT2D eigenvalue weighted by atomic mass is 10.1. The molecule has 0 aliphatic rings. The van der Waals surface area contributed by atoms with E-state index in [2.05, 4.69) is 47.4 Å². The molecule has 1 unspecified atom stereocenters. The van der Waals surface area contributed by atoms with Gasteiger partial charge in [0.1, 0.15) is 0 Å². The van der Waals surface area contributed by atoms with Gasteiger partial charge in [-0.1, -0.05) is 12.1 Å². The lowest BCUT2D eigenvalue weighted by molar-refractivity contribution is 0.536. The van der Waals surface area contributed by atoms with Crippen molar-refractivity contribution in [2.45, 2.75) is 25.3 Å². The van der Waals surface area contributed by atoms with Crippen LogP contribution in [0.5, 0.6) is 0 Å². The molecule has 1 atom stereocenters. The first-order valence-corrected chi connectivity index (χ1v) is 7.39. The van der Waals surface area contributed by atoms with Gasteiger partial charge in [-0.3, -0.25) is 0 Å². The number of thiophene rings is 2. The number of nitrogens with one attached hydrogen (secondary N) is 1. The quantitative estimate of drug-likeness (QED) is 0.815. The van der Waals surface area contributed by atoms with Crippen molar-refractivity contribution in [3.05, 3.63) is 44.8 Å². The summed E-state index contributed by atoms with van der Waals surface area (Å²) in [7, 11) is 2.05. The van der Waals surface area contributed by atoms with E-state index in [1.165, 1.54) is 29.0 Å². The van der Waals surface area contributed by atoms with Crippen LogP contribution in [0.1, 0.15) is 28.6 Å². The molecule has 0 radical (unpaired) electrons. The summed E-state index contributed by atoms with van der Waals surface area (Å²) in [5.74, 6) is 0. The van der Waals surface area contributed by atoms with E-state index >= 15 is 0 Å². The van der Waals surface area contributed by atoms with Gasteiger partial charge in [-0.2, -0.15) is 0 Å². The zero-order valence-corrected chi connectivity index (χ0v) is 11.1. The summed E-state index contributed by atoms with van der Waals surface area (Å²) in [6.07, 6.45) is 3.68. The molecule has 0 spiro atoms. The van der Waals surface area contributed by atoms with Crippen LogP contribution in [0.2, 0.25) is 0 Å². The van der Waals surface area contributed by atoms with Crippen LogP contribution in [0.15, 0.2) is 35.0 Å². The van der Waals surface area contributed by atoms with E-state index in [0.29, 0.717) is 6.04 Å². The van der Waals surface area contributed by atoms with Crippen LogP contribution in [0.3, 0.4) is 0 Å². The van der Waals surface area contributed by atoms with Crippen molar-refractivity contribution in [2.24, 2.45) is 0 Å². The van der Waals surface area contributed by atoms with Crippen molar-refractivity contribution < 1.29 is 0 Å². The summed E-state index contributed by atoms with van der Waals surface area (Å²) < 4.78 is 0. The lowest BCUT2D eigenvalue weighted by Crippen LogP contribution is -2.15. The molecular weight excluding hydrogens is 234 g/mol. The van der Waals surface area contributed by atoms with Crippen LogP contribution in [0.4, 0.5) is 0 Å². The van der Waals surface area contributed by atoms with Gasteiger partial charge in [-0.15, -0.1) is 22.7 Å². The second-order valence-corrected chi connectivity index (χ2v) is 5.84. The fourth-order valence-corrected chi connectivity index (χ4v) is 3.48. The summed E-state index contributed by atoms with van der Waals surface area (Å²) in [5.41, 5.74) is 0. The Labute approximate surface area is 105 Å². The highest BCUT2D eigenvalue weighted by molar-refractivity contribution is 7.10. The maximum absolute atomic E-state index is 3.40. The first kappa shape index (κ1) is 11.8. The predicted octanol–water partition coefficient (Wildman–Crippen LogP) is 4.09. The molecule has 1 nitrogen and oxygen atoms in total. The van der Waals surface area contributed by atoms with E-state index in [4.69, 9.17) is 0 Å². The minimum absolute atomic E-state index is 0.528. The molecule has 2 rings (SSSR count). The topological polar surface area (TPSA) is 12.0 Å². The third-order valence-corrected chi connectivity index (χ3v) is 4.65. The predicted molar refractivity (Wildman–Crippen MR) is 73.4 cm³/mol. The van der Waals surface area contributed by atoms with E-state index in [9.17, 15) is 0 Å². The molecule has 2 aromatic heterocycles. The summed E-state index contributed by atoms with van der Waals surface area (Å²) in [5, 5.41) is 7.71. The Bertz CT molecular complexity index is 378. The molecule has 2 aromatic rings. The molecular formula is C13H17NS2. The molecule has 0 saturated carbocycles. The fraction of sp³-hybridized carbons (Fsp3) is 0.385. The van der Waals surface area contributed by atoms with Crippen molar-refractivity contribution in [1.29, 1.82) is 0 Å². The van der Waals surface area contributed by atoms with Crippen molar-refractivity contribution in [1.82, 2.24) is 5.32 Å². The Morgan fingerprint density at radius 1 is 1.19 bits per heavy atom. The Morgan fingerprint density at radius 3 is 2.62 bits per heavy atom. The van der Waals surface area contributed by atoms with Gasteiger partial charge in [0, 0.05) is 15.8 Å². The minimum Gasteiger partial charge on any atom is -0.312 e.